The van der Waals surface area contributed by atoms with Crippen molar-refractivity contribution < 1.29 is 36.3 Å². The lowest BCUT2D eigenvalue weighted by molar-refractivity contribution is -0.290. The minimum Gasteiger partial charge on any atom is -0.471 e. The van der Waals surface area contributed by atoms with Gasteiger partial charge in [-0.25, -0.2) is 9.97 Å². The predicted molar refractivity (Wildman–Crippen MR) is 95.0 cm³/mol. The van der Waals surface area contributed by atoms with Crippen molar-refractivity contribution in [2.75, 3.05) is 11.5 Å². The molecule has 0 fully saturated rings. The number of halogens is 5. The van der Waals surface area contributed by atoms with Crippen LogP contribution in [0.25, 0.3) is 0 Å². The van der Waals surface area contributed by atoms with E-state index in [0.717, 1.165) is 12.3 Å². The van der Waals surface area contributed by atoms with Crippen LogP contribution in [0.15, 0.2) is 36.7 Å². The zero-order chi connectivity index (χ0) is 22.5. The maximum atomic E-state index is 12.9. The Bertz CT molecular complexity index is 903. The quantitative estimate of drug-likeness (QED) is 0.647. The van der Waals surface area contributed by atoms with Crippen LogP contribution in [0.4, 0.5) is 27.8 Å². The minimum absolute atomic E-state index is 0.0477. The molecule has 7 nitrogen and oxygen atoms in total. The molecule has 2 rings (SSSR count). The molecular weight excluding hydrogens is 415 g/mol. The first-order valence-electron chi connectivity index (χ1n) is 8.53. The number of pyridine rings is 2. The summed E-state index contributed by atoms with van der Waals surface area (Å²) in [7, 11) is 0. The van der Waals surface area contributed by atoms with Gasteiger partial charge in [0.15, 0.2) is 6.61 Å². The van der Waals surface area contributed by atoms with Gasteiger partial charge in [-0.05, 0) is 17.7 Å². The van der Waals surface area contributed by atoms with Crippen molar-refractivity contribution in [1.29, 1.82) is 0 Å². The summed E-state index contributed by atoms with van der Waals surface area (Å²) in [5.41, 5.74) is 5.78. The fraction of sp³-hybridized carbons (Fsp3) is 0.333. The molecule has 0 bridgehead atoms. The monoisotopic (exact) mass is 432 g/mol. The normalized spacial score (nSPS) is 11.8. The number of hydrogen-bond donors (Lipinski definition) is 1. The molecule has 0 atom stereocenters. The highest BCUT2D eigenvalue weighted by Crippen LogP contribution is 2.35. The average molecular weight is 432 g/mol. The number of nitrogens with zero attached hydrogens (tertiary/aromatic N) is 3. The van der Waals surface area contributed by atoms with Crippen LogP contribution < -0.4 is 15.4 Å². The van der Waals surface area contributed by atoms with Gasteiger partial charge in [0.2, 0.25) is 17.7 Å². The fourth-order valence-electron chi connectivity index (χ4n) is 2.23. The molecule has 2 heterocycles. The van der Waals surface area contributed by atoms with E-state index in [2.05, 4.69) is 14.7 Å². The van der Waals surface area contributed by atoms with Crippen LogP contribution in [-0.2, 0) is 11.3 Å². The topological polar surface area (TPSA) is 98.4 Å². The summed E-state index contributed by atoms with van der Waals surface area (Å²) in [6.07, 6.45) is -3.15. The van der Waals surface area contributed by atoms with E-state index in [1.165, 1.54) is 29.3 Å². The van der Waals surface area contributed by atoms with Gasteiger partial charge in [0.25, 0.3) is 0 Å². The van der Waals surface area contributed by atoms with E-state index in [9.17, 15) is 31.5 Å². The lowest BCUT2D eigenvalue weighted by Crippen LogP contribution is -2.41. The molecule has 0 saturated heterocycles. The third-order valence-corrected chi connectivity index (χ3v) is 3.86. The van der Waals surface area contributed by atoms with E-state index in [1.807, 2.05) is 0 Å². The van der Waals surface area contributed by atoms with Crippen molar-refractivity contribution in [2.45, 2.75) is 32.0 Å². The Kier molecular flexibility index (Phi) is 6.90. The molecule has 162 valence electrons. The molecule has 0 aromatic carbocycles. The zero-order valence-electron chi connectivity index (χ0n) is 15.6. The van der Waals surface area contributed by atoms with Crippen LogP contribution in [0.3, 0.4) is 0 Å². The summed E-state index contributed by atoms with van der Waals surface area (Å²) in [6.45, 7) is -0.343. The average Bonchev–Trinajstić information content (AvgIpc) is 2.70. The highest BCUT2D eigenvalue weighted by atomic mass is 19.4. The first kappa shape index (κ1) is 23.0. The van der Waals surface area contributed by atoms with Crippen molar-refractivity contribution in [3.05, 3.63) is 47.8 Å². The molecule has 0 radical (unpaired) electrons. The molecule has 30 heavy (non-hydrogen) atoms. The van der Waals surface area contributed by atoms with E-state index in [-0.39, 0.29) is 30.3 Å². The Morgan fingerprint density at radius 1 is 1.13 bits per heavy atom. The van der Waals surface area contributed by atoms with Gasteiger partial charge in [0.1, 0.15) is 5.82 Å². The second-order valence-corrected chi connectivity index (χ2v) is 6.10. The first-order chi connectivity index (χ1) is 13.9. The lowest BCUT2D eigenvalue weighted by atomic mass is 10.2. The van der Waals surface area contributed by atoms with Crippen molar-refractivity contribution >= 4 is 17.6 Å². The largest absolute Gasteiger partial charge is 0.471 e. The van der Waals surface area contributed by atoms with E-state index >= 15 is 0 Å². The SMILES string of the molecule is CCC(=O)N(Cc1ccc(OCC(F)(F)C(F)(F)F)nc1)c1cc(C(N)=O)ccn1. The maximum absolute atomic E-state index is 12.9. The Hall–Kier alpha value is -3.31. The molecule has 2 aromatic rings. The second kappa shape index (κ2) is 9.01. The molecule has 2 amide bonds. The number of anilines is 1. The molecule has 0 saturated carbocycles. The van der Waals surface area contributed by atoms with E-state index in [4.69, 9.17) is 5.73 Å². The molecular formula is C18H17F5N4O3. The van der Waals surface area contributed by atoms with Crippen LogP contribution in [-0.4, -0.2) is 40.5 Å². The maximum Gasteiger partial charge on any atom is 0.456 e. The van der Waals surface area contributed by atoms with Crippen molar-refractivity contribution in [2.24, 2.45) is 5.73 Å². The summed E-state index contributed by atoms with van der Waals surface area (Å²) < 4.78 is 66.8. The second-order valence-electron chi connectivity index (χ2n) is 6.10. The Morgan fingerprint density at radius 3 is 2.37 bits per heavy atom. The molecule has 12 heteroatoms. The standard InChI is InChI=1S/C18H17F5N4O3/c1-2-15(28)27(13-7-12(16(24)29)5-6-25-13)9-11-3-4-14(26-8-11)30-10-17(19,20)18(21,22)23/h3-8H,2,9-10H2,1H3,(H2,24,29). The predicted octanol–water partition coefficient (Wildman–Crippen LogP) is 3.10. The van der Waals surface area contributed by atoms with Crippen LogP contribution in [0.5, 0.6) is 5.88 Å². The number of hydrogen-bond acceptors (Lipinski definition) is 5. The van der Waals surface area contributed by atoms with Crippen molar-refractivity contribution in [1.82, 2.24) is 9.97 Å². The zero-order valence-corrected chi connectivity index (χ0v) is 15.6. The van der Waals surface area contributed by atoms with Gasteiger partial charge in [-0.15, -0.1) is 0 Å². The highest BCUT2D eigenvalue weighted by Gasteiger charge is 2.58. The van der Waals surface area contributed by atoms with Crippen LogP contribution in [0.1, 0.15) is 29.3 Å². The van der Waals surface area contributed by atoms with Gasteiger partial charge in [-0.2, -0.15) is 22.0 Å². The van der Waals surface area contributed by atoms with Crippen molar-refractivity contribution in [3.8, 4) is 5.88 Å². The highest BCUT2D eigenvalue weighted by molar-refractivity contribution is 5.96. The molecule has 0 aliphatic rings. The van der Waals surface area contributed by atoms with Gasteiger partial charge in [-0.3, -0.25) is 14.5 Å². The Morgan fingerprint density at radius 2 is 1.83 bits per heavy atom. The lowest BCUT2D eigenvalue weighted by Gasteiger charge is -2.22. The molecule has 2 N–H and O–H groups in total. The first-order valence-corrected chi connectivity index (χ1v) is 8.53. The number of carbonyl (C=O) groups excluding carboxylic acids is 2. The summed E-state index contributed by atoms with van der Waals surface area (Å²) in [6, 6.07) is 5.16. The third kappa shape index (κ3) is 5.61. The van der Waals surface area contributed by atoms with Crippen molar-refractivity contribution in [3.63, 3.8) is 0 Å². The number of amides is 2. The number of rotatable bonds is 8. The summed E-state index contributed by atoms with van der Waals surface area (Å²) in [5, 5.41) is 0. The third-order valence-electron chi connectivity index (χ3n) is 3.86. The smallest absolute Gasteiger partial charge is 0.456 e. The van der Waals surface area contributed by atoms with Gasteiger partial charge >= 0.3 is 12.1 Å². The number of alkyl halides is 5. The van der Waals surface area contributed by atoms with Gasteiger partial charge in [0, 0.05) is 30.4 Å². The Labute approximate surface area is 167 Å². The molecule has 0 unspecified atom stereocenters. The molecule has 2 aromatic heterocycles. The number of aromatic nitrogens is 2. The summed E-state index contributed by atoms with van der Waals surface area (Å²) in [4.78, 5) is 32.6. The fourth-order valence-corrected chi connectivity index (χ4v) is 2.23. The van der Waals surface area contributed by atoms with E-state index < -0.39 is 30.5 Å². The van der Waals surface area contributed by atoms with Gasteiger partial charge < -0.3 is 10.5 Å². The van der Waals surface area contributed by atoms with Crippen LogP contribution in [0, 0.1) is 0 Å². The van der Waals surface area contributed by atoms with Crippen LogP contribution >= 0.6 is 0 Å². The number of carbonyl (C=O) groups is 2. The number of nitrogens with two attached hydrogens (primary N) is 1. The van der Waals surface area contributed by atoms with E-state index in [1.54, 1.807) is 6.92 Å². The number of primary amides is 1. The Balaban J connectivity index is 2.15. The summed E-state index contributed by atoms with van der Waals surface area (Å²) >= 11 is 0. The molecule has 0 aliphatic heterocycles. The van der Waals surface area contributed by atoms with Gasteiger partial charge in [-0.1, -0.05) is 13.0 Å². The number of ether oxygens (including phenoxy) is 1. The minimum atomic E-state index is -5.74. The van der Waals surface area contributed by atoms with Gasteiger partial charge in [0.05, 0.1) is 6.54 Å². The van der Waals surface area contributed by atoms with E-state index in [0.29, 0.717) is 5.56 Å². The van der Waals surface area contributed by atoms with Crippen LogP contribution in [0.2, 0.25) is 0 Å². The molecule has 0 spiro atoms. The molecule has 0 aliphatic carbocycles. The summed E-state index contributed by atoms with van der Waals surface area (Å²) in [5.74, 6) is -6.35.